The normalized spacial score (nSPS) is 13.8. The van der Waals surface area contributed by atoms with Crippen molar-refractivity contribution in [3.8, 4) is 44.8 Å². The molecule has 0 unspecified atom stereocenters. The van der Waals surface area contributed by atoms with Crippen LogP contribution in [0.15, 0.2) is 146 Å². The fourth-order valence-electron chi connectivity index (χ4n) is 8.11. The molecule has 4 heteroatoms. The van der Waals surface area contributed by atoms with Gasteiger partial charge in [0.2, 0.25) is 5.95 Å². The first-order valence-corrected chi connectivity index (χ1v) is 16.5. The summed E-state index contributed by atoms with van der Waals surface area (Å²) < 4.78 is 0. The van der Waals surface area contributed by atoms with Crippen LogP contribution in [0.3, 0.4) is 0 Å². The smallest absolute Gasteiger partial charge is 0.235 e. The summed E-state index contributed by atoms with van der Waals surface area (Å²) in [7, 11) is 0. The Morgan fingerprint density at radius 2 is 1.25 bits per heavy atom. The van der Waals surface area contributed by atoms with Gasteiger partial charge in [-0.3, -0.25) is 9.88 Å². The van der Waals surface area contributed by atoms with Crippen molar-refractivity contribution in [2.75, 3.05) is 4.90 Å². The lowest BCUT2D eigenvalue weighted by Crippen LogP contribution is -2.19. The third-order valence-electron chi connectivity index (χ3n) is 10.2. The molecule has 2 aromatic heterocycles. The Kier molecular flexibility index (Phi) is 5.59. The van der Waals surface area contributed by atoms with Gasteiger partial charge >= 0.3 is 0 Å². The maximum absolute atomic E-state index is 5.39. The third kappa shape index (κ3) is 3.74. The molecule has 10 rings (SSSR count). The van der Waals surface area contributed by atoms with Gasteiger partial charge in [0.25, 0.3) is 0 Å². The number of fused-ring (bicyclic) bond motifs is 7. The number of para-hydroxylation sites is 2. The minimum Gasteiger partial charge on any atom is -0.278 e. The van der Waals surface area contributed by atoms with Gasteiger partial charge in [-0.25, -0.2) is 9.97 Å². The molecule has 0 amide bonds. The summed E-state index contributed by atoms with van der Waals surface area (Å²) in [6.07, 6.45) is 1.83. The van der Waals surface area contributed by atoms with Gasteiger partial charge in [0.05, 0.1) is 28.3 Å². The number of rotatable bonds is 3. The molecule has 3 heterocycles. The largest absolute Gasteiger partial charge is 0.278 e. The highest BCUT2D eigenvalue weighted by Crippen LogP contribution is 2.58. The number of pyridine rings is 1. The molecule has 0 fully saturated rings. The summed E-state index contributed by atoms with van der Waals surface area (Å²) in [6.45, 7) is 4.72. The van der Waals surface area contributed by atoms with Gasteiger partial charge in [0, 0.05) is 39.1 Å². The number of aromatic nitrogens is 3. The molecular formula is C44H30N4. The predicted molar refractivity (Wildman–Crippen MR) is 197 cm³/mol. The van der Waals surface area contributed by atoms with Gasteiger partial charge in [-0.2, -0.15) is 0 Å². The van der Waals surface area contributed by atoms with Crippen LogP contribution in [0.5, 0.6) is 0 Å². The van der Waals surface area contributed by atoms with Crippen LogP contribution in [0.2, 0.25) is 0 Å². The Bertz CT molecular complexity index is 2590. The summed E-state index contributed by atoms with van der Waals surface area (Å²) in [5, 5.41) is 3.55. The quantitative estimate of drug-likeness (QED) is 0.199. The van der Waals surface area contributed by atoms with Crippen LogP contribution < -0.4 is 4.90 Å². The summed E-state index contributed by atoms with van der Waals surface area (Å²) in [5.41, 5.74) is 14.8. The van der Waals surface area contributed by atoms with Crippen molar-refractivity contribution in [3.63, 3.8) is 0 Å². The zero-order valence-electron chi connectivity index (χ0n) is 26.6. The van der Waals surface area contributed by atoms with E-state index < -0.39 is 0 Å². The molecule has 6 aromatic carbocycles. The molecule has 1 aliphatic heterocycles. The summed E-state index contributed by atoms with van der Waals surface area (Å²) in [4.78, 5) is 17.4. The monoisotopic (exact) mass is 614 g/mol. The van der Waals surface area contributed by atoms with E-state index in [-0.39, 0.29) is 5.41 Å². The third-order valence-corrected chi connectivity index (χ3v) is 10.2. The first-order valence-electron chi connectivity index (χ1n) is 16.5. The summed E-state index contributed by atoms with van der Waals surface area (Å²) in [5.74, 6) is 0.658. The predicted octanol–water partition coefficient (Wildman–Crippen LogP) is 11.3. The highest BCUT2D eigenvalue weighted by Gasteiger charge is 2.39. The number of nitrogens with zero attached hydrogens (tertiary/aromatic N) is 4. The Morgan fingerprint density at radius 1 is 0.542 bits per heavy atom. The van der Waals surface area contributed by atoms with Crippen LogP contribution in [-0.4, -0.2) is 15.0 Å². The summed E-state index contributed by atoms with van der Waals surface area (Å²) >= 11 is 0. The van der Waals surface area contributed by atoms with Crippen molar-refractivity contribution >= 4 is 39.0 Å². The Balaban J connectivity index is 1.22. The first kappa shape index (κ1) is 27.0. The standard InChI is InChI=1S/C44H30N4/c1-44(2)35-16-6-3-12-29(35)34-26-33-30-13-5-8-19-38(30)48(39-20-11-15-32(40(33)39)41(34)44)43-46-37-18-7-4-14-31(37)42(47-43)28-23-21-27(22-24-28)36-17-9-10-25-45-36/h3-26H,1-2H3. The molecule has 48 heavy (non-hydrogen) atoms. The maximum atomic E-state index is 5.39. The van der Waals surface area contributed by atoms with E-state index in [1.165, 1.54) is 44.2 Å². The lowest BCUT2D eigenvalue weighted by molar-refractivity contribution is 0.666. The number of benzene rings is 6. The van der Waals surface area contributed by atoms with E-state index in [9.17, 15) is 0 Å². The van der Waals surface area contributed by atoms with Crippen LogP contribution in [0.4, 0.5) is 17.3 Å². The van der Waals surface area contributed by atoms with Gasteiger partial charge in [-0.15, -0.1) is 0 Å². The van der Waals surface area contributed by atoms with E-state index in [2.05, 4.69) is 145 Å². The van der Waals surface area contributed by atoms with Gasteiger partial charge in [-0.1, -0.05) is 117 Å². The molecule has 0 spiro atoms. The van der Waals surface area contributed by atoms with Crippen molar-refractivity contribution in [2.24, 2.45) is 0 Å². The molecule has 0 radical (unpaired) electrons. The topological polar surface area (TPSA) is 41.9 Å². The molecule has 2 aliphatic rings. The molecule has 8 aromatic rings. The molecule has 226 valence electrons. The number of anilines is 3. The van der Waals surface area contributed by atoms with Crippen molar-refractivity contribution in [1.82, 2.24) is 15.0 Å². The minimum absolute atomic E-state index is 0.126. The van der Waals surface area contributed by atoms with Gasteiger partial charge in [0.15, 0.2) is 0 Å². The fraction of sp³-hybridized carbons (Fsp3) is 0.0682. The second-order valence-corrected chi connectivity index (χ2v) is 13.3. The molecular weight excluding hydrogens is 585 g/mol. The molecule has 0 saturated heterocycles. The van der Waals surface area contributed by atoms with Crippen molar-refractivity contribution in [1.29, 1.82) is 0 Å². The van der Waals surface area contributed by atoms with Crippen molar-refractivity contribution in [2.45, 2.75) is 19.3 Å². The molecule has 0 N–H and O–H groups in total. The van der Waals surface area contributed by atoms with Gasteiger partial charge in [0.1, 0.15) is 0 Å². The highest BCUT2D eigenvalue weighted by atomic mass is 15.3. The van der Waals surface area contributed by atoms with Gasteiger partial charge in [-0.05, 0) is 69.6 Å². The van der Waals surface area contributed by atoms with Crippen LogP contribution >= 0.6 is 0 Å². The number of hydrogen-bond donors (Lipinski definition) is 0. The molecule has 0 saturated carbocycles. The molecule has 4 nitrogen and oxygen atoms in total. The van der Waals surface area contributed by atoms with E-state index in [1.54, 1.807) is 0 Å². The highest BCUT2D eigenvalue weighted by molar-refractivity contribution is 6.17. The van der Waals surface area contributed by atoms with E-state index in [4.69, 9.17) is 9.97 Å². The van der Waals surface area contributed by atoms with Crippen LogP contribution in [0.1, 0.15) is 25.0 Å². The lowest BCUT2D eigenvalue weighted by atomic mass is 9.78. The molecule has 0 atom stereocenters. The number of hydrogen-bond acceptors (Lipinski definition) is 4. The second-order valence-electron chi connectivity index (χ2n) is 13.3. The molecule has 0 bridgehead atoms. The second kappa shape index (κ2) is 9.93. The summed E-state index contributed by atoms with van der Waals surface area (Å²) in [6, 6.07) is 49.6. The Morgan fingerprint density at radius 3 is 2.10 bits per heavy atom. The van der Waals surface area contributed by atoms with Crippen LogP contribution in [-0.2, 0) is 5.41 Å². The fourth-order valence-corrected chi connectivity index (χ4v) is 8.11. The minimum atomic E-state index is -0.126. The van der Waals surface area contributed by atoms with Crippen LogP contribution in [0, 0.1) is 0 Å². The average molecular weight is 615 g/mol. The van der Waals surface area contributed by atoms with Gasteiger partial charge < -0.3 is 0 Å². The van der Waals surface area contributed by atoms with Crippen molar-refractivity contribution < 1.29 is 0 Å². The maximum Gasteiger partial charge on any atom is 0.235 e. The molecule has 1 aliphatic carbocycles. The average Bonchev–Trinajstić information content (AvgIpc) is 3.38. The van der Waals surface area contributed by atoms with E-state index >= 15 is 0 Å². The zero-order valence-corrected chi connectivity index (χ0v) is 26.6. The first-order chi connectivity index (χ1) is 23.6. The van der Waals surface area contributed by atoms with E-state index in [0.29, 0.717) is 5.95 Å². The Hall–Kier alpha value is -6.13. The zero-order chi connectivity index (χ0) is 32.0. The SMILES string of the molecule is CC1(C)c2ccccc2-c2cc3c4c(cccc4c21)N(c1nc(-c2ccc(-c4ccccn4)cc2)c2ccccc2n1)c1ccccc1-3. The van der Waals surface area contributed by atoms with E-state index in [0.717, 1.165) is 44.8 Å². The van der Waals surface area contributed by atoms with Crippen molar-refractivity contribution in [3.05, 3.63) is 157 Å². The van der Waals surface area contributed by atoms with E-state index in [1.807, 2.05) is 24.4 Å². The Labute approximate surface area is 279 Å². The van der Waals surface area contributed by atoms with Crippen LogP contribution in [0.25, 0.3) is 66.4 Å². The lowest BCUT2D eigenvalue weighted by Gasteiger charge is -2.34.